The maximum Gasteiger partial charge on any atom is 1.00 e. The van der Waals surface area contributed by atoms with Gasteiger partial charge in [-0.25, -0.2) is 0 Å². The van der Waals surface area contributed by atoms with Crippen LogP contribution in [0.4, 0.5) is 0 Å². The zero-order chi connectivity index (χ0) is 9.56. The van der Waals surface area contributed by atoms with Gasteiger partial charge in [0, 0.05) is 13.1 Å². The van der Waals surface area contributed by atoms with E-state index in [1.54, 1.807) is 0 Å². The zero-order valence-corrected chi connectivity index (χ0v) is 11.5. The summed E-state index contributed by atoms with van der Waals surface area (Å²) in [6.45, 7) is 4.58. The summed E-state index contributed by atoms with van der Waals surface area (Å²) in [5, 5.41) is 21.5. The number of piperazine rings is 1. The van der Waals surface area contributed by atoms with E-state index in [1.165, 1.54) is 13.1 Å². The first-order valence-electron chi connectivity index (χ1n) is 3.80. The molecule has 0 aliphatic carbocycles. The summed E-state index contributed by atoms with van der Waals surface area (Å²) in [4.78, 5) is 4.43. The van der Waals surface area contributed by atoms with E-state index in [2.05, 4.69) is 23.9 Å². The van der Waals surface area contributed by atoms with Crippen molar-refractivity contribution < 1.29 is 66.5 Å². The molecule has 0 atom stereocenters. The van der Waals surface area contributed by atoms with Gasteiger partial charge in [-0.15, -0.1) is 0 Å². The third kappa shape index (κ3) is 13.5. The van der Waals surface area contributed by atoms with E-state index in [1.807, 2.05) is 0 Å². The molecule has 5 nitrogen and oxygen atoms in total. The van der Waals surface area contributed by atoms with Gasteiger partial charge in [-0.3, -0.25) is 7.05 Å². The summed E-state index contributed by atoms with van der Waals surface area (Å²) in [5.41, 5.74) is 0. The van der Waals surface area contributed by atoms with Gasteiger partial charge >= 0.3 is 58.7 Å². The molecule has 0 aromatic carbocycles. The molecule has 0 aromatic heterocycles. The van der Waals surface area contributed by atoms with Crippen molar-refractivity contribution in [2.75, 3.05) is 33.2 Å². The molecule has 13 heavy (non-hydrogen) atoms. The van der Waals surface area contributed by atoms with Crippen LogP contribution in [0.1, 0.15) is 0 Å². The number of hydrogen-bond acceptors (Lipinski definition) is 5. The smallest absolute Gasteiger partial charge is 0.457 e. The first-order valence-corrected chi connectivity index (χ1v) is 3.80. The van der Waals surface area contributed by atoms with Crippen molar-refractivity contribution in [2.45, 2.75) is 0 Å². The predicted molar refractivity (Wildman–Crippen MR) is 46.8 cm³/mol. The van der Waals surface area contributed by atoms with Crippen LogP contribution in [0.2, 0.25) is 0 Å². The van der Waals surface area contributed by atoms with Crippen LogP contribution < -0.4 is 51.4 Å². The Morgan fingerprint density at radius 1 is 1.08 bits per heavy atom. The minimum absolute atomic E-state index is 0. The van der Waals surface area contributed by atoms with E-state index in [4.69, 9.17) is 15.1 Å². The van der Waals surface area contributed by atoms with Crippen molar-refractivity contribution >= 4 is 7.32 Å². The Morgan fingerprint density at radius 2 is 1.38 bits per heavy atom. The maximum atomic E-state index is 7.17. The molecule has 1 rings (SSSR count). The third-order valence-corrected chi connectivity index (χ3v) is 1.60. The van der Waals surface area contributed by atoms with Gasteiger partial charge in [-0.05, 0) is 20.1 Å². The monoisotopic (exact) mass is 214 g/mol. The van der Waals surface area contributed by atoms with Gasteiger partial charge in [0.15, 0.2) is 0 Å². The molecular formula is C6H16BKN2O3. The second kappa shape index (κ2) is 10.0. The van der Waals surface area contributed by atoms with Crippen LogP contribution in [-0.4, -0.2) is 65.4 Å². The molecule has 0 unspecified atom stereocenters. The molecule has 3 N–H and O–H groups in total. The van der Waals surface area contributed by atoms with E-state index in [0.717, 1.165) is 13.1 Å². The molecule has 0 spiro atoms. The Balaban J connectivity index is 0. The molecule has 72 valence electrons. The first kappa shape index (κ1) is 16.9. The second-order valence-electron chi connectivity index (χ2n) is 2.77. The van der Waals surface area contributed by atoms with E-state index in [-0.39, 0.29) is 51.4 Å². The van der Waals surface area contributed by atoms with Crippen molar-refractivity contribution in [1.82, 2.24) is 9.80 Å². The van der Waals surface area contributed by atoms with Crippen LogP contribution >= 0.6 is 0 Å². The largest absolute Gasteiger partial charge is 1.00 e. The Kier molecular flexibility index (Phi) is 13.1. The molecule has 0 amide bonds. The SMILES string of the molecule is OB(O)O.[CH2-]N1CCN(C)CC1.[K+]. The van der Waals surface area contributed by atoms with E-state index < -0.39 is 7.32 Å². The Bertz CT molecular complexity index is 99.3. The second-order valence-corrected chi connectivity index (χ2v) is 2.77. The number of rotatable bonds is 0. The fraction of sp³-hybridized carbons (Fsp3) is 0.833. The van der Waals surface area contributed by atoms with Gasteiger partial charge in [0.2, 0.25) is 0 Å². The number of nitrogens with zero attached hydrogens (tertiary/aromatic N) is 2. The Hall–Kier alpha value is 1.50. The summed E-state index contributed by atoms with van der Waals surface area (Å²) in [6.07, 6.45) is 0. The fourth-order valence-corrected chi connectivity index (χ4v) is 0.848. The summed E-state index contributed by atoms with van der Waals surface area (Å²) in [5.74, 6) is 0. The summed E-state index contributed by atoms with van der Waals surface area (Å²) in [6, 6.07) is 0. The molecular weight excluding hydrogens is 198 g/mol. The van der Waals surface area contributed by atoms with Crippen molar-refractivity contribution in [3.05, 3.63) is 7.05 Å². The Morgan fingerprint density at radius 3 is 1.62 bits per heavy atom. The molecule has 0 bridgehead atoms. The molecule has 0 saturated carbocycles. The van der Waals surface area contributed by atoms with Gasteiger partial charge in [0.05, 0.1) is 0 Å². The van der Waals surface area contributed by atoms with Gasteiger partial charge in [-0.2, -0.15) is 0 Å². The molecule has 1 aliphatic rings. The molecule has 0 radical (unpaired) electrons. The van der Waals surface area contributed by atoms with Crippen LogP contribution in [0, 0.1) is 7.05 Å². The average Bonchev–Trinajstić information content (AvgIpc) is 1.94. The van der Waals surface area contributed by atoms with Gasteiger partial charge < -0.3 is 24.9 Å². The van der Waals surface area contributed by atoms with Crippen LogP contribution in [0.5, 0.6) is 0 Å². The molecule has 1 heterocycles. The van der Waals surface area contributed by atoms with Gasteiger partial charge in [-0.1, -0.05) is 0 Å². The quantitative estimate of drug-likeness (QED) is 0.278. The van der Waals surface area contributed by atoms with E-state index in [9.17, 15) is 0 Å². The minimum Gasteiger partial charge on any atom is -0.457 e. The fourth-order valence-electron chi connectivity index (χ4n) is 0.848. The average molecular weight is 214 g/mol. The van der Waals surface area contributed by atoms with Crippen molar-refractivity contribution in [3.8, 4) is 0 Å². The third-order valence-electron chi connectivity index (χ3n) is 1.60. The maximum absolute atomic E-state index is 7.17. The van der Waals surface area contributed by atoms with Crippen molar-refractivity contribution in [3.63, 3.8) is 0 Å². The van der Waals surface area contributed by atoms with E-state index in [0.29, 0.717) is 0 Å². The molecule has 1 saturated heterocycles. The summed E-state index contributed by atoms with van der Waals surface area (Å²) < 4.78 is 0. The van der Waals surface area contributed by atoms with E-state index >= 15 is 0 Å². The van der Waals surface area contributed by atoms with Gasteiger partial charge in [0.1, 0.15) is 0 Å². The van der Waals surface area contributed by atoms with Crippen LogP contribution in [0.25, 0.3) is 0 Å². The summed E-state index contributed by atoms with van der Waals surface area (Å²) >= 11 is 0. The van der Waals surface area contributed by atoms with Crippen molar-refractivity contribution in [2.24, 2.45) is 0 Å². The van der Waals surface area contributed by atoms with Gasteiger partial charge in [0.25, 0.3) is 0 Å². The first-order chi connectivity index (χ1) is 5.52. The minimum atomic E-state index is -2.17. The topological polar surface area (TPSA) is 67.2 Å². The zero-order valence-electron chi connectivity index (χ0n) is 8.35. The molecule has 0 aromatic rings. The molecule has 1 fully saturated rings. The number of likely N-dealkylation sites (N-methyl/N-ethyl adjacent to an activating group) is 1. The predicted octanol–water partition coefficient (Wildman–Crippen LogP) is -5.02. The Labute approximate surface area is 122 Å². The standard InChI is InChI=1S/C6H13N2.BH3O3.K/c1-7-3-5-8(2)6-4-7;2-1(3)4;/h1,3-6H2,2H3;2-4H;/q-1;;+1. The number of hydrogen-bond donors (Lipinski definition) is 3. The summed E-state index contributed by atoms with van der Waals surface area (Å²) in [7, 11) is 3.82. The van der Waals surface area contributed by atoms with Crippen LogP contribution in [-0.2, 0) is 0 Å². The molecule has 7 heteroatoms. The van der Waals surface area contributed by atoms with Crippen LogP contribution in [0.3, 0.4) is 0 Å². The normalized spacial score (nSPS) is 18.2. The van der Waals surface area contributed by atoms with Crippen molar-refractivity contribution in [1.29, 1.82) is 0 Å². The van der Waals surface area contributed by atoms with Crippen LogP contribution in [0.15, 0.2) is 0 Å². The molecule has 1 aliphatic heterocycles.